The molecule has 2 atom stereocenters. The highest BCUT2D eigenvalue weighted by molar-refractivity contribution is 5.93. The van der Waals surface area contributed by atoms with Gasteiger partial charge in [0.1, 0.15) is 18.1 Å². The molecule has 0 unspecified atom stereocenters. The Morgan fingerprint density at radius 1 is 1.50 bits per heavy atom. The van der Waals surface area contributed by atoms with E-state index in [0.29, 0.717) is 24.7 Å². The van der Waals surface area contributed by atoms with Gasteiger partial charge in [0.15, 0.2) is 5.82 Å². The summed E-state index contributed by atoms with van der Waals surface area (Å²) in [5.41, 5.74) is 1.45. The van der Waals surface area contributed by atoms with Gasteiger partial charge in [-0.25, -0.2) is 4.98 Å². The van der Waals surface area contributed by atoms with Crippen LogP contribution in [-0.4, -0.2) is 39.2 Å². The Morgan fingerprint density at radius 3 is 3.18 bits per heavy atom. The first-order chi connectivity index (χ1) is 10.8. The molecule has 0 aromatic carbocycles. The van der Waals surface area contributed by atoms with Gasteiger partial charge in [0.25, 0.3) is 5.91 Å². The Labute approximate surface area is 128 Å². The molecule has 2 N–H and O–H groups in total. The van der Waals surface area contributed by atoms with Gasteiger partial charge in [-0.05, 0) is 24.5 Å². The van der Waals surface area contributed by atoms with Gasteiger partial charge in [-0.1, -0.05) is 13.0 Å². The second-order valence-electron chi connectivity index (χ2n) is 5.29. The van der Waals surface area contributed by atoms with Gasteiger partial charge >= 0.3 is 0 Å². The fourth-order valence-electron chi connectivity index (χ4n) is 2.73. The minimum atomic E-state index is -0.142. The first-order valence-corrected chi connectivity index (χ1v) is 7.48. The summed E-state index contributed by atoms with van der Waals surface area (Å²) in [6.45, 7) is 3.21. The zero-order valence-corrected chi connectivity index (χ0v) is 12.5. The number of hydrogen-bond donors (Lipinski definition) is 2. The maximum Gasteiger partial charge on any atom is 0.270 e. The van der Waals surface area contributed by atoms with Crippen molar-refractivity contribution in [2.45, 2.75) is 25.9 Å². The number of H-pyrrole nitrogens is 1. The zero-order chi connectivity index (χ0) is 15.4. The van der Waals surface area contributed by atoms with Crippen LogP contribution in [0.25, 0.3) is 0 Å². The minimum Gasteiger partial charge on any atom is -0.370 e. The molecule has 1 aliphatic rings. The molecular formula is C15H19N5O2. The normalized spacial score (nSPS) is 21.0. The molecule has 0 aliphatic carbocycles. The van der Waals surface area contributed by atoms with E-state index in [1.807, 2.05) is 19.1 Å². The summed E-state index contributed by atoms with van der Waals surface area (Å²) in [4.78, 5) is 20.7. The van der Waals surface area contributed by atoms with E-state index >= 15 is 0 Å². The van der Waals surface area contributed by atoms with Gasteiger partial charge in [-0.2, -0.15) is 5.10 Å². The van der Waals surface area contributed by atoms with Crippen molar-refractivity contribution >= 4 is 5.91 Å². The molecule has 116 valence electrons. The number of pyridine rings is 1. The van der Waals surface area contributed by atoms with Crippen LogP contribution in [0.15, 0.2) is 24.7 Å². The molecular weight excluding hydrogens is 282 g/mol. The molecule has 3 rings (SSSR count). The Hall–Kier alpha value is -2.28. The van der Waals surface area contributed by atoms with E-state index in [2.05, 4.69) is 25.5 Å². The third-order valence-corrected chi connectivity index (χ3v) is 3.93. The van der Waals surface area contributed by atoms with E-state index < -0.39 is 0 Å². The van der Waals surface area contributed by atoms with Gasteiger partial charge < -0.3 is 10.1 Å². The van der Waals surface area contributed by atoms with E-state index in [-0.39, 0.29) is 17.9 Å². The molecule has 7 nitrogen and oxygen atoms in total. The fourth-order valence-corrected chi connectivity index (χ4v) is 2.73. The molecule has 1 amide bonds. The lowest BCUT2D eigenvalue weighted by molar-refractivity contribution is 0.0797. The highest BCUT2D eigenvalue weighted by Gasteiger charge is 2.32. The summed E-state index contributed by atoms with van der Waals surface area (Å²) < 4.78 is 5.69. The van der Waals surface area contributed by atoms with Crippen molar-refractivity contribution in [3.63, 3.8) is 0 Å². The van der Waals surface area contributed by atoms with Gasteiger partial charge in [0, 0.05) is 25.3 Å². The minimum absolute atomic E-state index is 0.138. The largest absolute Gasteiger partial charge is 0.370 e. The van der Waals surface area contributed by atoms with Crippen molar-refractivity contribution in [1.82, 2.24) is 25.5 Å². The molecule has 7 heteroatoms. The van der Waals surface area contributed by atoms with Crippen LogP contribution in [0.2, 0.25) is 0 Å². The molecule has 2 aromatic rings. The Bertz CT molecular complexity index is 629. The Morgan fingerprint density at radius 2 is 2.41 bits per heavy atom. The maximum atomic E-state index is 12.3. The SMILES string of the molecule is CCc1cccnc1C(=O)NC[C@@H]1CCO[C@@H]1c1ncn[nH]1. The van der Waals surface area contributed by atoms with Crippen LogP contribution in [0.4, 0.5) is 0 Å². The quantitative estimate of drug-likeness (QED) is 0.867. The van der Waals surface area contributed by atoms with Crippen molar-refractivity contribution in [2.75, 3.05) is 13.2 Å². The van der Waals surface area contributed by atoms with Crippen LogP contribution in [0, 0.1) is 5.92 Å². The standard InChI is InChI=1S/C15H19N5O2/c1-2-10-4-3-6-16-12(10)15(21)17-8-11-5-7-22-13(11)14-18-9-19-20-14/h3-4,6,9,11,13H,2,5,7-8H2,1H3,(H,17,21)(H,18,19,20)/t11-,13-/m0/s1. The highest BCUT2D eigenvalue weighted by Crippen LogP contribution is 2.31. The molecule has 1 aliphatic heterocycles. The van der Waals surface area contributed by atoms with Crippen molar-refractivity contribution in [3.05, 3.63) is 41.7 Å². The van der Waals surface area contributed by atoms with Crippen LogP contribution < -0.4 is 5.32 Å². The lowest BCUT2D eigenvalue weighted by Gasteiger charge is -2.17. The number of aromatic nitrogens is 4. The predicted molar refractivity (Wildman–Crippen MR) is 79.1 cm³/mol. The number of ether oxygens (including phenoxy) is 1. The van der Waals surface area contributed by atoms with Crippen molar-refractivity contribution in [2.24, 2.45) is 5.92 Å². The highest BCUT2D eigenvalue weighted by atomic mass is 16.5. The van der Waals surface area contributed by atoms with Crippen LogP contribution >= 0.6 is 0 Å². The molecule has 0 bridgehead atoms. The average Bonchev–Trinajstić information content (AvgIpc) is 3.23. The number of carbonyl (C=O) groups excluding carboxylic acids is 1. The third-order valence-electron chi connectivity index (χ3n) is 3.93. The van der Waals surface area contributed by atoms with Crippen LogP contribution in [-0.2, 0) is 11.2 Å². The summed E-state index contributed by atoms with van der Waals surface area (Å²) in [6, 6.07) is 3.78. The van der Waals surface area contributed by atoms with Crippen molar-refractivity contribution < 1.29 is 9.53 Å². The maximum absolute atomic E-state index is 12.3. The van der Waals surface area contributed by atoms with E-state index in [0.717, 1.165) is 18.4 Å². The smallest absolute Gasteiger partial charge is 0.270 e. The van der Waals surface area contributed by atoms with Gasteiger partial charge in [0.05, 0.1) is 0 Å². The number of rotatable bonds is 5. The summed E-state index contributed by atoms with van der Waals surface area (Å²) in [6.07, 6.45) is 4.63. The predicted octanol–water partition coefficient (Wildman–Crippen LogP) is 1.27. The van der Waals surface area contributed by atoms with Gasteiger partial charge in [0.2, 0.25) is 0 Å². The summed E-state index contributed by atoms with van der Waals surface area (Å²) in [5.74, 6) is 0.759. The Balaban J connectivity index is 1.63. The summed E-state index contributed by atoms with van der Waals surface area (Å²) in [5, 5.41) is 9.65. The lowest BCUT2D eigenvalue weighted by atomic mass is 10.0. The van der Waals surface area contributed by atoms with Crippen LogP contribution in [0.3, 0.4) is 0 Å². The fraction of sp³-hybridized carbons (Fsp3) is 0.467. The van der Waals surface area contributed by atoms with E-state index in [1.165, 1.54) is 6.33 Å². The van der Waals surface area contributed by atoms with E-state index in [4.69, 9.17) is 4.74 Å². The molecule has 1 fully saturated rings. The first-order valence-electron chi connectivity index (χ1n) is 7.48. The zero-order valence-electron chi connectivity index (χ0n) is 12.5. The number of nitrogens with zero attached hydrogens (tertiary/aromatic N) is 3. The topological polar surface area (TPSA) is 92.8 Å². The number of carbonyl (C=O) groups is 1. The Kier molecular flexibility index (Phi) is 4.43. The molecule has 0 radical (unpaired) electrons. The molecule has 1 saturated heterocycles. The van der Waals surface area contributed by atoms with Gasteiger partial charge in [-0.15, -0.1) is 0 Å². The van der Waals surface area contributed by atoms with Gasteiger partial charge in [-0.3, -0.25) is 14.9 Å². The number of aryl methyl sites for hydroxylation is 1. The summed E-state index contributed by atoms with van der Waals surface area (Å²) >= 11 is 0. The van der Waals surface area contributed by atoms with Crippen LogP contribution in [0.5, 0.6) is 0 Å². The number of hydrogen-bond acceptors (Lipinski definition) is 5. The molecule has 3 heterocycles. The lowest BCUT2D eigenvalue weighted by Crippen LogP contribution is -2.32. The average molecular weight is 301 g/mol. The number of aromatic amines is 1. The number of nitrogens with one attached hydrogen (secondary N) is 2. The second kappa shape index (κ2) is 6.65. The van der Waals surface area contributed by atoms with Crippen molar-refractivity contribution in [1.29, 1.82) is 0 Å². The number of amides is 1. The molecule has 22 heavy (non-hydrogen) atoms. The monoisotopic (exact) mass is 301 g/mol. The van der Waals surface area contributed by atoms with Crippen LogP contribution in [0.1, 0.15) is 41.3 Å². The van der Waals surface area contributed by atoms with Crippen molar-refractivity contribution in [3.8, 4) is 0 Å². The van der Waals surface area contributed by atoms with E-state index in [1.54, 1.807) is 6.20 Å². The second-order valence-corrected chi connectivity index (χ2v) is 5.29. The van der Waals surface area contributed by atoms with E-state index in [9.17, 15) is 4.79 Å². The summed E-state index contributed by atoms with van der Waals surface area (Å²) in [7, 11) is 0. The first kappa shape index (κ1) is 14.6. The third kappa shape index (κ3) is 2.99. The molecule has 0 saturated carbocycles. The molecule has 2 aromatic heterocycles. The molecule has 0 spiro atoms.